The fraction of sp³-hybridized carbons (Fsp3) is 0.375. The van der Waals surface area contributed by atoms with Crippen LogP contribution in [0.2, 0.25) is 0 Å². The van der Waals surface area contributed by atoms with Gasteiger partial charge in [-0.05, 0) is 30.2 Å². The molecular weight excluding hydrogens is 268 g/mol. The number of benzene rings is 1. The van der Waals surface area contributed by atoms with Gasteiger partial charge < -0.3 is 15.3 Å². The molecule has 0 bridgehead atoms. The standard InChI is InChI=1S/C16H22N2O3/c1-3-4-5-12-18(2)16(21)17-14-9-6-13(7-10-14)8-11-15(19)20/h6-11H,3-5,12H2,1-2H3,(H,17,21)(H,19,20). The number of amides is 2. The zero-order chi connectivity index (χ0) is 15.7. The number of nitrogens with one attached hydrogen (secondary N) is 1. The van der Waals surface area contributed by atoms with Crippen LogP contribution in [0.25, 0.3) is 6.08 Å². The average molecular weight is 290 g/mol. The number of carboxylic acids is 1. The minimum atomic E-state index is -0.985. The molecule has 0 radical (unpaired) electrons. The largest absolute Gasteiger partial charge is 0.478 e. The molecule has 114 valence electrons. The summed E-state index contributed by atoms with van der Waals surface area (Å²) in [6.07, 6.45) is 5.82. The van der Waals surface area contributed by atoms with Gasteiger partial charge in [0.05, 0.1) is 0 Å². The summed E-state index contributed by atoms with van der Waals surface area (Å²) in [5, 5.41) is 11.4. The van der Waals surface area contributed by atoms with Crippen molar-refractivity contribution in [2.24, 2.45) is 0 Å². The second kappa shape index (κ2) is 8.79. The van der Waals surface area contributed by atoms with Gasteiger partial charge in [0.15, 0.2) is 0 Å². The summed E-state index contributed by atoms with van der Waals surface area (Å²) in [6.45, 7) is 2.86. The fourth-order valence-electron chi connectivity index (χ4n) is 1.76. The van der Waals surface area contributed by atoms with Crippen molar-refractivity contribution in [3.8, 4) is 0 Å². The predicted octanol–water partition coefficient (Wildman–Crippen LogP) is 3.44. The Bertz CT molecular complexity index is 495. The minimum absolute atomic E-state index is 0.139. The topological polar surface area (TPSA) is 69.6 Å². The lowest BCUT2D eigenvalue weighted by atomic mass is 10.2. The number of hydrogen-bond acceptors (Lipinski definition) is 2. The molecule has 0 saturated heterocycles. The number of anilines is 1. The maximum Gasteiger partial charge on any atom is 0.328 e. The Morgan fingerprint density at radius 3 is 2.48 bits per heavy atom. The predicted molar refractivity (Wildman–Crippen MR) is 84.3 cm³/mol. The number of carboxylic acid groups (broad SMARTS) is 1. The van der Waals surface area contributed by atoms with Gasteiger partial charge >= 0.3 is 12.0 Å². The van der Waals surface area contributed by atoms with Crippen molar-refractivity contribution in [1.29, 1.82) is 0 Å². The molecule has 2 amide bonds. The molecule has 0 aliphatic carbocycles. The maximum absolute atomic E-state index is 11.9. The van der Waals surface area contributed by atoms with Gasteiger partial charge in [0.25, 0.3) is 0 Å². The summed E-state index contributed by atoms with van der Waals surface area (Å²) < 4.78 is 0. The smallest absolute Gasteiger partial charge is 0.328 e. The third-order valence-electron chi connectivity index (χ3n) is 3.02. The highest BCUT2D eigenvalue weighted by Gasteiger charge is 2.07. The van der Waals surface area contributed by atoms with Gasteiger partial charge in [-0.25, -0.2) is 9.59 Å². The molecule has 1 rings (SSSR count). The molecule has 0 fully saturated rings. The van der Waals surface area contributed by atoms with E-state index >= 15 is 0 Å². The first-order valence-corrected chi connectivity index (χ1v) is 7.06. The van der Waals surface area contributed by atoms with Gasteiger partial charge in [-0.15, -0.1) is 0 Å². The molecular formula is C16H22N2O3. The third kappa shape index (κ3) is 6.61. The molecule has 21 heavy (non-hydrogen) atoms. The molecule has 0 saturated carbocycles. The number of unbranched alkanes of at least 4 members (excludes halogenated alkanes) is 2. The molecule has 0 aliphatic heterocycles. The fourth-order valence-corrected chi connectivity index (χ4v) is 1.76. The summed E-state index contributed by atoms with van der Waals surface area (Å²) in [4.78, 5) is 24.0. The van der Waals surface area contributed by atoms with Crippen molar-refractivity contribution in [3.63, 3.8) is 0 Å². The van der Waals surface area contributed by atoms with Crippen molar-refractivity contribution in [1.82, 2.24) is 4.90 Å². The molecule has 0 atom stereocenters. The molecule has 0 aliphatic rings. The molecule has 5 heteroatoms. The lowest BCUT2D eigenvalue weighted by molar-refractivity contribution is -0.131. The quantitative estimate of drug-likeness (QED) is 0.597. The van der Waals surface area contributed by atoms with Crippen molar-refractivity contribution in [2.75, 3.05) is 18.9 Å². The lowest BCUT2D eigenvalue weighted by Crippen LogP contribution is -2.32. The second-order valence-electron chi connectivity index (χ2n) is 4.85. The number of carbonyl (C=O) groups is 2. The van der Waals surface area contributed by atoms with E-state index in [0.29, 0.717) is 5.69 Å². The Kier molecular flexibility index (Phi) is 7.01. The number of nitrogens with zero attached hydrogens (tertiary/aromatic N) is 1. The first-order valence-electron chi connectivity index (χ1n) is 7.06. The lowest BCUT2D eigenvalue weighted by Gasteiger charge is -2.17. The van der Waals surface area contributed by atoms with Gasteiger partial charge in [0.1, 0.15) is 0 Å². The van der Waals surface area contributed by atoms with Crippen LogP contribution in [-0.4, -0.2) is 35.6 Å². The van der Waals surface area contributed by atoms with Gasteiger partial charge in [0.2, 0.25) is 0 Å². The van der Waals surface area contributed by atoms with Crippen LogP contribution in [0.15, 0.2) is 30.3 Å². The van der Waals surface area contributed by atoms with E-state index in [1.54, 1.807) is 36.2 Å². The van der Waals surface area contributed by atoms with Crippen molar-refractivity contribution < 1.29 is 14.7 Å². The average Bonchev–Trinajstić information content (AvgIpc) is 2.46. The molecule has 2 N–H and O–H groups in total. The Hall–Kier alpha value is -2.30. The molecule has 0 unspecified atom stereocenters. The summed E-state index contributed by atoms with van der Waals surface area (Å²) in [5.41, 5.74) is 1.46. The SMILES string of the molecule is CCCCCN(C)C(=O)Nc1ccc(C=CC(=O)O)cc1. The number of urea groups is 1. The zero-order valence-corrected chi connectivity index (χ0v) is 12.5. The van der Waals surface area contributed by atoms with Crippen molar-refractivity contribution in [3.05, 3.63) is 35.9 Å². The minimum Gasteiger partial charge on any atom is -0.478 e. The molecule has 0 aromatic heterocycles. The van der Waals surface area contributed by atoms with E-state index in [1.165, 1.54) is 6.08 Å². The summed E-state index contributed by atoms with van der Waals surface area (Å²) >= 11 is 0. The highest BCUT2D eigenvalue weighted by atomic mass is 16.4. The van der Waals surface area contributed by atoms with Crippen LogP contribution in [0.3, 0.4) is 0 Å². The van der Waals surface area contributed by atoms with E-state index in [9.17, 15) is 9.59 Å². The highest BCUT2D eigenvalue weighted by molar-refractivity contribution is 5.89. The summed E-state index contributed by atoms with van der Waals surface area (Å²) in [5.74, 6) is -0.985. The first-order chi connectivity index (χ1) is 10.0. The Morgan fingerprint density at radius 2 is 1.90 bits per heavy atom. The normalized spacial score (nSPS) is 10.6. The monoisotopic (exact) mass is 290 g/mol. The van der Waals surface area contributed by atoms with E-state index in [-0.39, 0.29) is 6.03 Å². The van der Waals surface area contributed by atoms with E-state index in [4.69, 9.17) is 5.11 Å². The van der Waals surface area contributed by atoms with Gasteiger partial charge in [-0.1, -0.05) is 31.9 Å². The number of carbonyl (C=O) groups excluding carboxylic acids is 1. The number of aliphatic carboxylic acids is 1. The summed E-state index contributed by atoms with van der Waals surface area (Å²) in [7, 11) is 1.77. The van der Waals surface area contributed by atoms with Crippen molar-refractivity contribution in [2.45, 2.75) is 26.2 Å². The first kappa shape index (κ1) is 16.8. The van der Waals surface area contributed by atoms with Crippen LogP contribution in [0, 0.1) is 0 Å². The van der Waals surface area contributed by atoms with E-state index in [2.05, 4.69) is 12.2 Å². The number of rotatable bonds is 7. The van der Waals surface area contributed by atoms with Crippen molar-refractivity contribution >= 4 is 23.8 Å². The van der Waals surface area contributed by atoms with Crippen LogP contribution < -0.4 is 5.32 Å². The zero-order valence-electron chi connectivity index (χ0n) is 12.5. The molecule has 0 heterocycles. The second-order valence-corrected chi connectivity index (χ2v) is 4.85. The van der Waals surface area contributed by atoms with E-state index in [1.807, 2.05) is 0 Å². The maximum atomic E-state index is 11.9. The summed E-state index contributed by atoms with van der Waals surface area (Å²) in [6, 6.07) is 6.87. The van der Waals surface area contributed by atoms with Crippen LogP contribution >= 0.6 is 0 Å². The van der Waals surface area contributed by atoms with Crippen LogP contribution in [-0.2, 0) is 4.79 Å². The molecule has 1 aromatic carbocycles. The Morgan fingerprint density at radius 1 is 1.24 bits per heavy atom. The third-order valence-corrected chi connectivity index (χ3v) is 3.02. The van der Waals surface area contributed by atoms with Gasteiger partial charge in [-0.2, -0.15) is 0 Å². The van der Waals surface area contributed by atoms with Crippen LogP contribution in [0.5, 0.6) is 0 Å². The van der Waals surface area contributed by atoms with E-state index < -0.39 is 5.97 Å². The van der Waals surface area contributed by atoms with Crippen LogP contribution in [0.1, 0.15) is 31.7 Å². The molecule has 0 spiro atoms. The molecule has 5 nitrogen and oxygen atoms in total. The van der Waals surface area contributed by atoms with Crippen LogP contribution in [0.4, 0.5) is 10.5 Å². The number of hydrogen-bond donors (Lipinski definition) is 2. The van der Waals surface area contributed by atoms with Gasteiger partial charge in [-0.3, -0.25) is 0 Å². The van der Waals surface area contributed by atoms with Gasteiger partial charge in [0, 0.05) is 25.4 Å². The molecule has 1 aromatic rings. The highest BCUT2D eigenvalue weighted by Crippen LogP contribution is 2.11. The Labute approximate surface area is 125 Å². The van der Waals surface area contributed by atoms with E-state index in [0.717, 1.165) is 37.4 Å². The Balaban J connectivity index is 2.51.